The lowest BCUT2D eigenvalue weighted by Crippen LogP contribution is -2.24. The summed E-state index contributed by atoms with van der Waals surface area (Å²) >= 11 is 0. The zero-order valence-corrected chi connectivity index (χ0v) is 7.90. The summed E-state index contributed by atoms with van der Waals surface area (Å²) in [5, 5.41) is 8.67. The van der Waals surface area contributed by atoms with Crippen LogP contribution in [-0.2, 0) is 6.42 Å². The van der Waals surface area contributed by atoms with Crippen molar-refractivity contribution in [2.75, 3.05) is 6.61 Å². The maximum atomic E-state index is 8.67. The van der Waals surface area contributed by atoms with E-state index in [4.69, 9.17) is 10.8 Å². The molecule has 1 aromatic rings. The van der Waals surface area contributed by atoms with E-state index in [9.17, 15) is 0 Å². The molecule has 0 aromatic carbocycles. The molecule has 0 saturated carbocycles. The molecule has 72 valence electrons. The van der Waals surface area contributed by atoms with Gasteiger partial charge < -0.3 is 10.8 Å². The first-order valence-electron chi connectivity index (χ1n) is 4.50. The van der Waals surface area contributed by atoms with E-state index in [1.807, 2.05) is 19.1 Å². The predicted molar refractivity (Wildman–Crippen MR) is 52.4 cm³/mol. The number of hydrogen-bond donors (Lipinski definition) is 2. The van der Waals surface area contributed by atoms with Gasteiger partial charge in [-0.05, 0) is 31.0 Å². The molecule has 3 heteroatoms. The van der Waals surface area contributed by atoms with Gasteiger partial charge in [-0.15, -0.1) is 0 Å². The average molecular weight is 180 g/mol. The smallest absolute Gasteiger partial charge is 0.0445 e. The molecule has 0 unspecified atom stereocenters. The minimum absolute atomic E-state index is 0.0132. The van der Waals surface area contributed by atoms with E-state index in [1.54, 1.807) is 6.20 Å². The summed E-state index contributed by atoms with van der Waals surface area (Å²) in [5.74, 6) is 0. The van der Waals surface area contributed by atoms with Gasteiger partial charge in [0.05, 0.1) is 0 Å². The van der Waals surface area contributed by atoms with Crippen LogP contribution in [0.3, 0.4) is 0 Å². The van der Waals surface area contributed by atoms with E-state index in [0.29, 0.717) is 6.42 Å². The van der Waals surface area contributed by atoms with Crippen molar-refractivity contribution in [1.29, 1.82) is 0 Å². The molecule has 0 aliphatic carbocycles. The number of aryl methyl sites for hydroxylation is 1. The third-order valence-electron chi connectivity index (χ3n) is 1.94. The molecule has 1 atom stereocenters. The number of pyridine rings is 1. The van der Waals surface area contributed by atoms with Crippen LogP contribution >= 0.6 is 0 Å². The second-order valence-electron chi connectivity index (χ2n) is 3.30. The van der Waals surface area contributed by atoms with Gasteiger partial charge in [0.2, 0.25) is 0 Å². The van der Waals surface area contributed by atoms with Crippen LogP contribution in [0.25, 0.3) is 0 Å². The minimum atomic E-state index is 0.0132. The van der Waals surface area contributed by atoms with Gasteiger partial charge in [0.1, 0.15) is 0 Å². The summed E-state index contributed by atoms with van der Waals surface area (Å²) in [4.78, 5) is 4.20. The molecule has 0 saturated heterocycles. The van der Waals surface area contributed by atoms with Crippen molar-refractivity contribution >= 4 is 0 Å². The highest BCUT2D eigenvalue weighted by atomic mass is 16.3. The van der Waals surface area contributed by atoms with Gasteiger partial charge in [-0.3, -0.25) is 4.98 Å². The molecule has 1 rings (SSSR count). The zero-order valence-electron chi connectivity index (χ0n) is 7.90. The Bertz CT molecular complexity index is 263. The summed E-state index contributed by atoms with van der Waals surface area (Å²) in [7, 11) is 0. The second kappa shape index (κ2) is 4.94. The highest BCUT2D eigenvalue weighted by molar-refractivity contribution is 5.15. The van der Waals surface area contributed by atoms with Crippen molar-refractivity contribution in [1.82, 2.24) is 4.98 Å². The largest absolute Gasteiger partial charge is 0.396 e. The SMILES string of the molecule is Cc1ccnc(C[C@H](N)CCO)c1. The van der Waals surface area contributed by atoms with E-state index < -0.39 is 0 Å². The van der Waals surface area contributed by atoms with Gasteiger partial charge in [-0.1, -0.05) is 0 Å². The first kappa shape index (κ1) is 10.2. The van der Waals surface area contributed by atoms with Crippen LogP contribution in [0.1, 0.15) is 17.7 Å². The van der Waals surface area contributed by atoms with Gasteiger partial charge in [0.15, 0.2) is 0 Å². The highest BCUT2D eigenvalue weighted by Crippen LogP contribution is 2.03. The molecule has 0 aliphatic rings. The summed E-state index contributed by atoms with van der Waals surface area (Å²) < 4.78 is 0. The van der Waals surface area contributed by atoms with Gasteiger partial charge in [-0.2, -0.15) is 0 Å². The lowest BCUT2D eigenvalue weighted by atomic mass is 10.1. The van der Waals surface area contributed by atoms with Crippen LogP contribution in [0.2, 0.25) is 0 Å². The molecule has 3 N–H and O–H groups in total. The standard InChI is InChI=1S/C10H16N2O/c1-8-2-4-12-10(6-8)7-9(11)3-5-13/h2,4,6,9,13H,3,5,7,11H2,1H3/t9-/m1/s1. The molecule has 0 fully saturated rings. The van der Waals surface area contributed by atoms with Crippen molar-refractivity contribution in [3.05, 3.63) is 29.6 Å². The number of rotatable bonds is 4. The summed E-state index contributed by atoms with van der Waals surface area (Å²) in [6.07, 6.45) is 3.16. The van der Waals surface area contributed by atoms with E-state index in [0.717, 1.165) is 12.1 Å². The van der Waals surface area contributed by atoms with Crippen molar-refractivity contribution in [2.24, 2.45) is 5.73 Å². The van der Waals surface area contributed by atoms with Crippen LogP contribution in [-0.4, -0.2) is 22.7 Å². The number of aliphatic hydroxyl groups is 1. The molecule has 0 aliphatic heterocycles. The predicted octanol–water partition coefficient (Wildman–Crippen LogP) is 0.642. The quantitative estimate of drug-likeness (QED) is 0.715. The van der Waals surface area contributed by atoms with Crippen molar-refractivity contribution < 1.29 is 5.11 Å². The maximum absolute atomic E-state index is 8.67. The van der Waals surface area contributed by atoms with Gasteiger partial charge >= 0.3 is 0 Å². The van der Waals surface area contributed by atoms with Gasteiger partial charge in [-0.25, -0.2) is 0 Å². The lowest BCUT2D eigenvalue weighted by molar-refractivity contribution is 0.275. The summed E-state index contributed by atoms with van der Waals surface area (Å²) in [5.41, 5.74) is 7.96. The molecule has 13 heavy (non-hydrogen) atoms. The molecule has 0 bridgehead atoms. The Labute approximate surface area is 78.6 Å². The Morgan fingerprint density at radius 3 is 3.00 bits per heavy atom. The average Bonchev–Trinajstić information content (AvgIpc) is 2.04. The van der Waals surface area contributed by atoms with Crippen molar-refractivity contribution in [3.8, 4) is 0 Å². The Balaban J connectivity index is 2.53. The fourth-order valence-electron chi connectivity index (χ4n) is 1.25. The van der Waals surface area contributed by atoms with E-state index >= 15 is 0 Å². The van der Waals surface area contributed by atoms with Crippen LogP contribution in [0.15, 0.2) is 18.3 Å². The van der Waals surface area contributed by atoms with Gasteiger partial charge in [0, 0.05) is 31.0 Å². The Morgan fingerprint density at radius 2 is 2.38 bits per heavy atom. The number of aromatic nitrogens is 1. The van der Waals surface area contributed by atoms with E-state index in [1.165, 1.54) is 5.56 Å². The fourth-order valence-corrected chi connectivity index (χ4v) is 1.25. The topological polar surface area (TPSA) is 59.1 Å². The fraction of sp³-hybridized carbons (Fsp3) is 0.500. The molecule has 0 radical (unpaired) electrons. The molecule has 0 amide bonds. The van der Waals surface area contributed by atoms with Crippen LogP contribution in [0, 0.1) is 6.92 Å². The van der Waals surface area contributed by atoms with Crippen molar-refractivity contribution in [2.45, 2.75) is 25.8 Å². The second-order valence-corrected chi connectivity index (χ2v) is 3.30. The lowest BCUT2D eigenvalue weighted by Gasteiger charge is -2.08. The molecule has 1 heterocycles. The number of nitrogens with zero attached hydrogens (tertiary/aromatic N) is 1. The van der Waals surface area contributed by atoms with Crippen LogP contribution in [0.4, 0.5) is 0 Å². The molecule has 3 nitrogen and oxygen atoms in total. The molecular formula is C10H16N2O. The molecule has 1 aromatic heterocycles. The minimum Gasteiger partial charge on any atom is -0.396 e. The van der Waals surface area contributed by atoms with E-state index in [-0.39, 0.29) is 12.6 Å². The van der Waals surface area contributed by atoms with E-state index in [2.05, 4.69) is 4.98 Å². The maximum Gasteiger partial charge on any atom is 0.0445 e. The Kier molecular flexibility index (Phi) is 3.86. The highest BCUT2D eigenvalue weighted by Gasteiger charge is 2.03. The first-order valence-corrected chi connectivity index (χ1v) is 4.50. The van der Waals surface area contributed by atoms with Crippen LogP contribution < -0.4 is 5.73 Å². The summed E-state index contributed by atoms with van der Waals surface area (Å²) in [6, 6.07) is 4.00. The van der Waals surface area contributed by atoms with Crippen molar-refractivity contribution in [3.63, 3.8) is 0 Å². The number of aliphatic hydroxyl groups excluding tert-OH is 1. The number of hydrogen-bond acceptors (Lipinski definition) is 3. The zero-order chi connectivity index (χ0) is 9.68. The monoisotopic (exact) mass is 180 g/mol. The Hall–Kier alpha value is -0.930. The Morgan fingerprint density at radius 1 is 1.62 bits per heavy atom. The third-order valence-corrected chi connectivity index (χ3v) is 1.94. The number of nitrogens with two attached hydrogens (primary N) is 1. The summed E-state index contributed by atoms with van der Waals surface area (Å²) in [6.45, 7) is 2.18. The normalized spacial score (nSPS) is 12.8. The molecular weight excluding hydrogens is 164 g/mol. The van der Waals surface area contributed by atoms with Crippen LogP contribution in [0.5, 0.6) is 0 Å². The third kappa shape index (κ3) is 3.53. The molecule has 0 spiro atoms. The van der Waals surface area contributed by atoms with Gasteiger partial charge in [0.25, 0.3) is 0 Å². The first-order chi connectivity index (χ1) is 6.22.